The number of hydrogen-bond acceptors (Lipinski definition) is 3. The van der Waals surface area contributed by atoms with Gasteiger partial charge in [-0.25, -0.2) is 0 Å². The van der Waals surface area contributed by atoms with Crippen molar-refractivity contribution in [1.82, 2.24) is 4.90 Å². The van der Waals surface area contributed by atoms with Crippen LogP contribution in [-0.4, -0.2) is 42.5 Å². The standard InChI is InChI=1S/C21H25NO2/c1-21(2,22-12-14-24-15-13-22)20(23)19-10-8-18(9-11-19)16-17-6-4-3-5-7-17/h3-11H,12-16H2,1-2H3. The second kappa shape index (κ2) is 7.29. The highest BCUT2D eigenvalue weighted by Crippen LogP contribution is 2.22. The van der Waals surface area contributed by atoms with Crippen LogP contribution in [0, 0.1) is 0 Å². The van der Waals surface area contributed by atoms with Gasteiger partial charge in [-0.1, -0.05) is 54.6 Å². The number of morpholine rings is 1. The van der Waals surface area contributed by atoms with Gasteiger partial charge in [0.05, 0.1) is 18.8 Å². The Balaban J connectivity index is 1.71. The van der Waals surface area contributed by atoms with Gasteiger partial charge in [0.15, 0.2) is 5.78 Å². The van der Waals surface area contributed by atoms with Crippen molar-refractivity contribution in [2.45, 2.75) is 25.8 Å². The number of ketones is 1. The molecule has 0 aromatic heterocycles. The van der Waals surface area contributed by atoms with Crippen LogP contribution in [0.25, 0.3) is 0 Å². The van der Waals surface area contributed by atoms with Crippen LogP contribution in [0.3, 0.4) is 0 Å². The van der Waals surface area contributed by atoms with Crippen molar-refractivity contribution in [2.24, 2.45) is 0 Å². The summed E-state index contributed by atoms with van der Waals surface area (Å²) in [6.45, 7) is 7.05. The third kappa shape index (κ3) is 3.74. The van der Waals surface area contributed by atoms with Crippen LogP contribution in [0.5, 0.6) is 0 Å². The van der Waals surface area contributed by atoms with Crippen LogP contribution in [0.15, 0.2) is 54.6 Å². The number of carbonyl (C=O) groups is 1. The maximum atomic E-state index is 13.0. The summed E-state index contributed by atoms with van der Waals surface area (Å²) in [7, 11) is 0. The van der Waals surface area contributed by atoms with Gasteiger partial charge in [-0.2, -0.15) is 0 Å². The normalized spacial score (nSPS) is 16.1. The lowest BCUT2D eigenvalue weighted by atomic mass is 9.90. The highest BCUT2D eigenvalue weighted by atomic mass is 16.5. The minimum Gasteiger partial charge on any atom is -0.379 e. The number of carbonyl (C=O) groups excluding carboxylic acids is 1. The molecule has 0 N–H and O–H groups in total. The Morgan fingerprint density at radius 1 is 0.958 bits per heavy atom. The van der Waals surface area contributed by atoms with Gasteiger partial charge in [0.1, 0.15) is 0 Å². The van der Waals surface area contributed by atoms with Crippen molar-refractivity contribution in [3.05, 3.63) is 71.3 Å². The predicted octanol–water partition coefficient (Wildman–Crippen LogP) is 3.57. The van der Waals surface area contributed by atoms with Gasteiger partial charge in [0, 0.05) is 18.7 Å². The first kappa shape index (κ1) is 16.9. The highest BCUT2D eigenvalue weighted by molar-refractivity contribution is 6.02. The lowest BCUT2D eigenvalue weighted by molar-refractivity contribution is -0.00429. The molecule has 0 radical (unpaired) electrons. The van der Waals surface area contributed by atoms with E-state index in [-0.39, 0.29) is 5.78 Å². The molecule has 2 aromatic carbocycles. The smallest absolute Gasteiger partial charge is 0.182 e. The van der Waals surface area contributed by atoms with Gasteiger partial charge in [0.2, 0.25) is 0 Å². The summed E-state index contributed by atoms with van der Waals surface area (Å²) in [5.41, 5.74) is 2.79. The van der Waals surface area contributed by atoms with Crippen LogP contribution in [0.4, 0.5) is 0 Å². The number of Topliss-reactive ketones (excluding diaryl/α,β-unsaturated/α-hetero) is 1. The topological polar surface area (TPSA) is 29.5 Å². The fraction of sp³-hybridized carbons (Fsp3) is 0.381. The average molecular weight is 323 g/mol. The first-order valence-electron chi connectivity index (χ1n) is 8.58. The zero-order valence-electron chi connectivity index (χ0n) is 14.5. The third-order valence-corrected chi connectivity index (χ3v) is 4.82. The summed E-state index contributed by atoms with van der Waals surface area (Å²) in [5, 5.41) is 0. The van der Waals surface area contributed by atoms with Gasteiger partial charge in [-0.3, -0.25) is 9.69 Å². The second-order valence-electron chi connectivity index (χ2n) is 6.85. The molecule has 0 amide bonds. The molecule has 0 atom stereocenters. The highest BCUT2D eigenvalue weighted by Gasteiger charge is 2.35. The van der Waals surface area contributed by atoms with E-state index < -0.39 is 5.54 Å². The number of benzene rings is 2. The fourth-order valence-corrected chi connectivity index (χ4v) is 3.22. The number of nitrogens with zero attached hydrogens (tertiary/aromatic N) is 1. The van der Waals surface area contributed by atoms with Crippen molar-refractivity contribution in [3.8, 4) is 0 Å². The molecule has 3 nitrogen and oxygen atoms in total. The molecule has 0 aliphatic carbocycles. The van der Waals surface area contributed by atoms with Crippen LogP contribution >= 0.6 is 0 Å². The van der Waals surface area contributed by atoms with Gasteiger partial charge in [-0.05, 0) is 31.4 Å². The lowest BCUT2D eigenvalue weighted by Crippen LogP contribution is -2.54. The van der Waals surface area contributed by atoms with Gasteiger partial charge >= 0.3 is 0 Å². The number of ether oxygens (including phenoxy) is 1. The van der Waals surface area contributed by atoms with Crippen LogP contribution in [-0.2, 0) is 11.2 Å². The van der Waals surface area contributed by atoms with E-state index in [1.54, 1.807) is 0 Å². The summed E-state index contributed by atoms with van der Waals surface area (Å²) in [4.78, 5) is 15.2. The van der Waals surface area contributed by atoms with E-state index in [1.165, 1.54) is 11.1 Å². The Bertz CT molecular complexity index is 671. The van der Waals surface area contributed by atoms with Crippen LogP contribution in [0.1, 0.15) is 35.3 Å². The van der Waals surface area contributed by atoms with Gasteiger partial charge in [0.25, 0.3) is 0 Å². The Kier molecular flexibility index (Phi) is 5.12. The van der Waals surface area contributed by atoms with Crippen molar-refractivity contribution < 1.29 is 9.53 Å². The molecular formula is C21H25NO2. The Hall–Kier alpha value is -1.97. The second-order valence-corrected chi connectivity index (χ2v) is 6.85. The molecule has 1 saturated heterocycles. The molecule has 3 rings (SSSR count). The van der Waals surface area contributed by atoms with Crippen molar-refractivity contribution in [2.75, 3.05) is 26.3 Å². The largest absolute Gasteiger partial charge is 0.379 e. The SMILES string of the molecule is CC(C)(C(=O)c1ccc(Cc2ccccc2)cc1)N1CCOCC1. The van der Waals surface area contributed by atoms with Crippen LogP contribution in [0.2, 0.25) is 0 Å². The zero-order valence-corrected chi connectivity index (χ0v) is 14.5. The molecule has 0 spiro atoms. The third-order valence-electron chi connectivity index (χ3n) is 4.82. The Morgan fingerprint density at radius 2 is 1.54 bits per heavy atom. The van der Waals surface area contributed by atoms with Crippen molar-refractivity contribution in [1.29, 1.82) is 0 Å². The quantitative estimate of drug-likeness (QED) is 0.788. The molecule has 1 aliphatic rings. The molecule has 126 valence electrons. The monoisotopic (exact) mass is 323 g/mol. The van der Waals surface area contributed by atoms with E-state index >= 15 is 0 Å². The van der Waals surface area contributed by atoms with Gasteiger partial charge in [-0.15, -0.1) is 0 Å². The average Bonchev–Trinajstić information content (AvgIpc) is 2.63. The minimum atomic E-state index is -0.495. The van der Waals surface area contributed by atoms with E-state index in [4.69, 9.17) is 4.74 Å². The summed E-state index contributed by atoms with van der Waals surface area (Å²) >= 11 is 0. The summed E-state index contributed by atoms with van der Waals surface area (Å²) in [5.74, 6) is 0.177. The summed E-state index contributed by atoms with van der Waals surface area (Å²) in [6.07, 6.45) is 0.891. The van der Waals surface area contributed by atoms with Crippen molar-refractivity contribution >= 4 is 5.78 Å². The molecular weight excluding hydrogens is 298 g/mol. The molecule has 3 heteroatoms. The molecule has 0 unspecified atom stereocenters. The molecule has 24 heavy (non-hydrogen) atoms. The van der Waals surface area contributed by atoms with Crippen molar-refractivity contribution in [3.63, 3.8) is 0 Å². The number of rotatable bonds is 5. The molecule has 1 heterocycles. The summed E-state index contributed by atoms with van der Waals surface area (Å²) < 4.78 is 5.40. The number of hydrogen-bond donors (Lipinski definition) is 0. The maximum Gasteiger partial charge on any atom is 0.182 e. The first-order valence-corrected chi connectivity index (χ1v) is 8.58. The maximum absolute atomic E-state index is 13.0. The predicted molar refractivity (Wildman–Crippen MR) is 96.5 cm³/mol. The Labute approximate surface area is 144 Å². The molecule has 2 aromatic rings. The van der Waals surface area contributed by atoms with E-state index in [0.717, 1.165) is 25.1 Å². The Morgan fingerprint density at radius 3 is 2.17 bits per heavy atom. The van der Waals surface area contributed by atoms with Crippen LogP contribution < -0.4 is 0 Å². The van der Waals surface area contributed by atoms with E-state index in [0.29, 0.717) is 13.2 Å². The van der Waals surface area contributed by atoms with E-state index in [9.17, 15) is 4.79 Å². The molecule has 0 bridgehead atoms. The lowest BCUT2D eigenvalue weighted by Gasteiger charge is -2.39. The molecule has 1 fully saturated rings. The summed E-state index contributed by atoms with van der Waals surface area (Å²) in [6, 6.07) is 18.4. The zero-order chi connectivity index (χ0) is 17.0. The van der Waals surface area contributed by atoms with E-state index in [2.05, 4.69) is 41.3 Å². The molecule has 0 saturated carbocycles. The molecule has 1 aliphatic heterocycles. The minimum absolute atomic E-state index is 0.177. The van der Waals surface area contributed by atoms with E-state index in [1.807, 2.05) is 32.0 Å². The van der Waals surface area contributed by atoms with Gasteiger partial charge < -0.3 is 4.74 Å². The first-order chi connectivity index (χ1) is 11.6. The fourth-order valence-electron chi connectivity index (χ4n) is 3.22.